The Bertz CT molecular complexity index is 581. The van der Waals surface area contributed by atoms with Crippen LogP contribution in [0.4, 0.5) is 0 Å². The Kier molecular flexibility index (Phi) is 4.28. The largest absolute Gasteiger partial charge is 0.334 e. The Hall–Kier alpha value is -0.910. The predicted octanol–water partition coefficient (Wildman–Crippen LogP) is 4.13. The molecule has 0 saturated heterocycles. The Labute approximate surface area is 125 Å². The summed E-state index contributed by atoms with van der Waals surface area (Å²) in [6.07, 6.45) is 1.51. The normalized spacial score (nSPS) is 11.8. The summed E-state index contributed by atoms with van der Waals surface area (Å²) in [6, 6.07) is 5.40. The lowest BCUT2D eigenvalue weighted by atomic mass is 9.93. The molecule has 0 atom stereocenters. The van der Waals surface area contributed by atoms with Crippen LogP contribution in [-0.4, -0.2) is 10.1 Å². The molecule has 2 N–H and O–H groups in total. The van der Waals surface area contributed by atoms with Gasteiger partial charge >= 0.3 is 0 Å². The van der Waals surface area contributed by atoms with Gasteiger partial charge in [-0.25, -0.2) is 0 Å². The third-order valence-electron chi connectivity index (χ3n) is 3.29. The van der Waals surface area contributed by atoms with Crippen molar-refractivity contribution >= 4 is 27.5 Å². The molecule has 19 heavy (non-hydrogen) atoms. The zero-order valence-electron chi connectivity index (χ0n) is 10.8. The van der Waals surface area contributed by atoms with Crippen molar-refractivity contribution in [2.45, 2.75) is 32.2 Å². The van der Waals surface area contributed by atoms with Crippen molar-refractivity contribution in [1.82, 2.24) is 10.1 Å². The van der Waals surface area contributed by atoms with Crippen molar-refractivity contribution in [2.24, 2.45) is 5.73 Å². The van der Waals surface area contributed by atoms with Crippen LogP contribution in [0.2, 0.25) is 5.02 Å². The van der Waals surface area contributed by atoms with Crippen LogP contribution >= 0.6 is 27.5 Å². The number of aromatic nitrogens is 2. The van der Waals surface area contributed by atoms with E-state index < -0.39 is 5.54 Å². The van der Waals surface area contributed by atoms with Crippen molar-refractivity contribution in [2.75, 3.05) is 0 Å². The van der Waals surface area contributed by atoms with Crippen LogP contribution < -0.4 is 5.73 Å². The van der Waals surface area contributed by atoms with Crippen molar-refractivity contribution < 1.29 is 4.52 Å². The van der Waals surface area contributed by atoms with Gasteiger partial charge in [0, 0.05) is 9.50 Å². The lowest BCUT2D eigenvalue weighted by Crippen LogP contribution is -2.36. The maximum atomic E-state index is 6.25. The van der Waals surface area contributed by atoms with E-state index in [0.717, 1.165) is 22.9 Å². The summed E-state index contributed by atoms with van der Waals surface area (Å²) in [5.41, 5.74) is 6.52. The van der Waals surface area contributed by atoms with Crippen molar-refractivity contribution in [3.8, 4) is 11.5 Å². The number of halogens is 2. The van der Waals surface area contributed by atoms with E-state index in [1.807, 2.05) is 19.9 Å². The molecule has 0 amide bonds. The molecule has 0 radical (unpaired) electrons. The van der Waals surface area contributed by atoms with Crippen molar-refractivity contribution in [3.63, 3.8) is 0 Å². The fourth-order valence-corrected chi connectivity index (χ4v) is 2.62. The Morgan fingerprint density at radius 3 is 2.63 bits per heavy atom. The highest BCUT2D eigenvalue weighted by Gasteiger charge is 2.29. The lowest BCUT2D eigenvalue weighted by Gasteiger charge is -2.21. The molecular weight excluding hydrogens is 330 g/mol. The minimum atomic E-state index is -0.541. The fraction of sp³-hybridized carbons (Fsp3) is 0.385. The smallest absolute Gasteiger partial charge is 0.259 e. The second kappa shape index (κ2) is 5.61. The average Bonchev–Trinajstić information content (AvgIpc) is 2.88. The fourth-order valence-electron chi connectivity index (χ4n) is 1.76. The zero-order chi connectivity index (χ0) is 14.0. The Balaban J connectivity index is 2.41. The Morgan fingerprint density at radius 2 is 2.05 bits per heavy atom. The molecule has 0 aliphatic rings. The van der Waals surface area contributed by atoms with Crippen molar-refractivity contribution in [3.05, 3.63) is 33.5 Å². The SMILES string of the molecule is CCC(N)(CC)c1noc(-c2ccc(Cl)cc2Br)n1. The maximum absolute atomic E-state index is 6.25. The molecular formula is C13H15BrClN3O. The number of benzene rings is 1. The summed E-state index contributed by atoms with van der Waals surface area (Å²) in [5, 5.41) is 4.65. The number of hydrogen-bond acceptors (Lipinski definition) is 4. The molecule has 0 bridgehead atoms. The summed E-state index contributed by atoms with van der Waals surface area (Å²) in [5.74, 6) is 0.976. The quantitative estimate of drug-likeness (QED) is 0.906. The minimum absolute atomic E-state index is 0.440. The van der Waals surface area contributed by atoms with Crippen molar-refractivity contribution in [1.29, 1.82) is 0 Å². The van der Waals surface area contributed by atoms with Gasteiger partial charge in [0.15, 0.2) is 5.82 Å². The van der Waals surface area contributed by atoms with E-state index >= 15 is 0 Å². The van der Waals surface area contributed by atoms with E-state index in [1.54, 1.807) is 12.1 Å². The number of hydrogen-bond donors (Lipinski definition) is 1. The predicted molar refractivity (Wildman–Crippen MR) is 78.9 cm³/mol. The van der Waals surface area contributed by atoms with Gasteiger partial charge < -0.3 is 10.3 Å². The standard InChI is InChI=1S/C13H15BrClN3O/c1-3-13(16,4-2)12-17-11(19-18-12)9-6-5-8(15)7-10(9)14/h5-7H,3-4,16H2,1-2H3. The zero-order valence-corrected chi connectivity index (χ0v) is 13.1. The number of nitrogens with zero attached hydrogens (tertiary/aromatic N) is 2. The molecule has 102 valence electrons. The summed E-state index contributed by atoms with van der Waals surface area (Å²) < 4.78 is 6.12. The first-order valence-corrected chi connectivity index (χ1v) is 7.25. The second-order valence-corrected chi connectivity index (χ2v) is 5.70. The van der Waals surface area contributed by atoms with Gasteiger partial charge in [0.25, 0.3) is 5.89 Å². The van der Waals surface area contributed by atoms with E-state index in [9.17, 15) is 0 Å². The highest BCUT2D eigenvalue weighted by Crippen LogP contribution is 2.31. The van der Waals surface area contributed by atoms with Crippen LogP contribution in [0, 0.1) is 0 Å². The number of nitrogens with two attached hydrogens (primary N) is 1. The third kappa shape index (κ3) is 2.83. The molecule has 1 heterocycles. The minimum Gasteiger partial charge on any atom is -0.334 e. The summed E-state index contributed by atoms with van der Waals surface area (Å²) in [7, 11) is 0. The van der Waals surface area contributed by atoms with E-state index in [1.165, 1.54) is 0 Å². The van der Waals surface area contributed by atoms with Gasteiger partial charge in [-0.2, -0.15) is 4.98 Å². The number of rotatable bonds is 4. The first kappa shape index (κ1) is 14.5. The molecule has 1 aromatic heterocycles. The lowest BCUT2D eigenvalue weighted by molar-refractivity contribution is 0.350. The van der Waals surface area contributed by atoms with Crippen LogP contribution in [0.1, 0.15) is 32.5 Å². The van der Waals surface area contributed by atoms with E-state index in [-0.39, 0.29) is 0 Å². The monoisotopic (exact) mass is 343 g/mol. The van der Waals surface area contributed by atoms with Gasteiger partial charge in [0.2, 0.25) is 0 Å². The van der Waals surface area contributed by atoms with Crippen LogP contribution in [0.5, 0.6) is 0 Å². The molecule has 4 nitrogen and oxygen atoms in total. The highest BCUT2D eigenvalue weighted by molar-refractivity contribution is 9.10. The average molecular weight is 345 g/mol. The third-order valence-corrected chi connectivity index (χ3v) is 4.19. The van der Waals surface area contributed by atoms with Gasteiger partial charge in [-0.05, 0) is 47.0 Å². The highest BCUT2D eigenvalue weighted by atomic mass is 79.9. The summed E-state index contributed by atoms with van der Waals surface area (Å²) in [6.45, 7) is 4.02. The topological polar surface area (TPSA) is 64.9 Å². The molecule has 1 aromatic carbocycles. The second-order valence-electron chi connectivity index (χ2n) is 4.41. The van der Waals surface area contributed by atoms with Gasteiger partial charge in [-0.3, -0.25) is 0 Å². The summed E-state index contributed by atoms with van der Waals surface area (Å²) in [4.78, 5) is 4.41. The van der Waals surface area contributed by atoms with Crippen LogP contribution in [0.3, 0.4) is 0 Å². The van der Waals surface area contributed by atoms with Gasteiger partial charge in [-0.15, -0.1) is 0 Å². The molecule has 0 saturated carbocycles. The van der Waals surface area contributed by atoms with Crippen LogP contribution in [-0.2, 0) is 5.54 Å². The molecule has 0 spiro atoms. The molecule has 2 aromatic rings. The Morgan fingerprint density at radius 1 is 1.37 bits per heavy atom. The molecule has 0 aliphatic carbocycles. The van der Waals surface area contributed by atoms with Crippen LogP contribution in [0.25, 0.3) is 11.5 Å². The molecule has 0 fully saturated rings. The molecule has 6 heteroatoms. The van der Waals surface area contributed by atoms with Crippen LogP contribution in [0.15, 0.2) is 27.2 Å². The van der Waals surface area contributed by atoms with Gasteiger partial charge in [0.05, 0.1) is 11.1 Å². The first-order valence-electron chi connectivity index (χ1n) is 6.08. The molecule has 0 aliphatic heterocycles. The van der Waals surface area contributed by atoms with E-state index in [4.69, 9.17) is 21.9 Å². The first-order chi connectivity index (χ1) is 9.00. The van der Waals surface area contributed by atoms with E-state index in [2.05, 4.69) is 26.1 Å². The molecule has 2 rings (SSSR count). The van der Waals surface area contributed by atoms with Gasteiger partial charge in [-0.1, -0.05) is 30.6 Å². The van der Waals surface area contributed by atoms with Gasteiger partial charge in [0.1, 0.15) is 0 Å². The maximum Gasteiger partial charge on any atom is 0.259 e. The summed E-state index contributed by atoms with van der Waals surface area (Å²) >= 11 is 9.34. The van der Waals surface area contributed by atoms with E-state index in [0.29, 0.717) is 16.7 Å². The molecule has 0 unspecified atom stereocenters.